The molecule has 5 heteroatoms. The lowest BCUT2D eigenvalue weighted by molar-refractivity contribution is 0.439. The van der Waals surface area contributed by atoms with Gasteiger partial charge in [0.25, 0.3) is 0 Å². The molecule has 2 aromatic carbocycles. The maximum absolute atomic E-state index is 13.7. The summed E-state index contributed by atoms with van der Waals surface area (Å²) in [5.41, 5.74) is 0.928. The van der Waals surface area contributed by atoms with Crippen LogP contribution in [-0.4, -0.2) is 0 Å². The zero-order chi connectivity index (χ0) is 13.1. The molecule has 0 atom stereocenters. The van der Waals surface area contributed by atoms with E-state index in [0.29, 0.717) is 11.1 Å². The Bertz CT molecular complexity index is 575. The molecule has 0 N–H and O–H groups in total. The van der Waals surface area contributed by atoms with Crippen LogP contribution in [0.5, 0.6) is 11.5 Å². The van der Waals surface area contributed by atoms with Crippen molar-refractivity contribution in [2.75, 3.05) is 0 Å². The van der Waals surface area contributed by atoms with Crippen molar-refractivity contribution >= 4 is 43.5 Å². The lowest BCUT2D eigenvalue weighted by atomic mass is 10.2. The Hall–Kier alpha value is -0.580. The SMILES string of the molecule is Fc1c(Cl)cccc1Oc1cc(Br)ccc1CBr. The summed E-state index contributed by atoms with van der Waals surface area (Å²) in [4.78, 5) is 0. The zero-order valence-corrected chi connectivity index (χ0v) is 13.0. The van der Waals surface area contributed by atoms with Gasteiger partial charge in [-0.15, -0.1) is 0 Å². The van der Waals surface area contributed by atoms with E-state index in [-0.39, 0.29) is 10.8 Å². The molecule has 0 unspecified atom stereocenters. The Morgan fingerprint density at radius 3 is 2.67 bits per heavy atom. The van der Waals surface area contributed by atoms with Crippen LogP contribution in [0.15, 0.2) is 40.9 Å². The van der Waals surface area contributed by atoms with Crippen molar-refractivity contribution in [1.82, 2.24) is 0 Å². The highest BCUT2D eigenvalue weighted by Gasteiger charge is 2.11. The van der Waals surface area contributed by atoms with E-state index in [0.717, 1.165) is 10.0 Å². The first-order chi connectivity index (χ1) is 8.61. The van der Waals surface area contributed by atoms with Gasteiger partial charge in [-0.25, -0.2) is 4.39 Å². The predicted octanol–water partition coefficient (Wildman–Crippen LogP) is 5.93. The van der Waals surface area contributed by atoms with Crippen molar-refractivity contribution in [3.63, 3.8) is 0 Å². The quantitative estimate of drug-likeness (QED) is 0.587. The first kappa shape index (κ1) is 13.8. The molecule has 2 aromatic rings. The van der Waals surface area contributed by atoms with Gasteiger partial charge in [0.15, 0.2) is 11.6 Å². The molecule has 0 radical (unpaired) electrons. The van der Waals surface area contributed by atoms with Crippen molar-refractivity contribution < 1.29 is 9.13 Å². The van der Waals surface area contributed by atoms with E-state index in [1.807, 2.05) is 12.1 Å². The molecule has 2 rings (SSSR count). The number of alkyl halides is 1. The van der Waals surface area contributed by atoms with Crippen molar-refractivity contribution in [3.8, 4) is 11.5 Å². The average Bonchev–Trinajstić information content (AvgIpc) is 2.35. The second kappa shape index (κ2) is 6.04. The average molecular weight is 394 g/mol. The van der Waals surface area contributed by atoms with Crippen LogP contribution in [0.4, 0.5) is 4.39 Å². The van der Waals surface area contributed by atoms with Crippen LogP contribution in [0.2, 0.25) is 5.02 Å². The monoisotopic (exact) mass is 392 g/mol. The van der Waals surface area contributed by atoms with Crippen LogP contribution >= 0.6 is 43.5 Å². The summed E-state index contributed by atoms with van der Waals surface area (Å²) >= 11 is 12.4. The molecule has 0 aromatic heterocycles. The molecule has 0 saturated carbocycles. The Morgan fingerprint density at radius 1 is 1.17 bits per heavy atom. The second-order valence-electron chi connectivity index (χ2n) is 3.54. The summed E-state index contributed by atoms with van der Waals surface area (Å²) in [5, 5.41) is 0.667. The van der Waals surface area contributed by atoms with Gasteiger partial charge in [0.1, 0.15) is 5.75 Å². The summed E-state index contributed by atoms with van der Waals surface area (Å²) in [6.45, 7) is 0. The third kappa shape index (κ3) is 3.05. The van der Waals surface area contributed by atoms with Crippen LogP contribution in [0.25, 0.3) is 0 Å². The molecule has 0 heterocycles. The largest absolute Gasteiger partial charge is 0.454 e. The van der Waals surface area contributed by atoms with Crippen molar-refractivity contribution in [1.29, 1.82) is 0 Å². The Morgan fingerprint density at radius 2 is 1.94 bits per heavy atom. The van der Waals surface area contributed by atoms with E-state index in [2.05, 4.69) is 31.9 Å². The molecule has 0 aliphatic heterocycles. The van der Waals surface area contributed by atoms with Gasteiger partial charge >= 0.3 is 0 Å². The first-order valence-corrected chi connectivity index (χ1v) is 7.37. The number of benzene rings is 2. The predicted molar refractivity (Wildman–Crippen MR) is 78.3 cm³/mol. The third-order valence-electron chi connectivity index (χ3n) is 2.31. The van der Waals surface area contributed by atoms with E-state index in [9.17, 15) is 4.39 Å². The van der Waals surface area contributed by atoms with E-state index in [1.54, 1.807) is 18.2 Å². The molecule has 1 nitrogen and oxygen atoms in total. The summed E-state index contributed by atoms with van der Waals surface area (Å²) in [6, 6.07) is 10.3. The van der Waals surface area contributed by atoms with Gasteiger partial charge in [0, 0.05) is 15.4 Å². The molecule has 0 spiro atoms. The third-order valence-corrected chi connectivity index (χ3v) is 3.70. The maximum atomic E-state index is 13.7. The van der Waals surface area contributed by atoms with Crippen molar-refractivity contribution in [3.05, 3.63) is 57.3 Å². The zero-order valence-electron chi connectivity index (χ0n) is 9.09. The Kier molecular flexibility index (Phi) is 4.65. The Labute approximate surface area is 126 Å². The number of hydrogen-bond acceptors (Lipinski definition) is 1. The fourth-order valence-corrected chi connectivity index (χ4v) is 2.38. The van der Waals surface area contributed by atoms with Crippen LogP contribution in [-0.2, 0) is 5.33 Å². The van der Waals surface area contributed by atoms with Gasteiger partial charge < -0.3 is 4.74 Å². The molecule has 0 saturated heterocycles. The molecule has 0 fully saturated rings. The summed E-state index contributed by atoms with van der Waals surface area (Å²) < 4.78 is 20.2. The van der Waals surface area contributed by atoms with E-state index < -0.39 is 5.82 Å². The topological polar surface area (TPSA) is 9.23 Å². The van der Waals surface area contributed by atoms with Gasteiger partial charge in [-0.1, -0.05) is 55.6 Å². The van der Waals surface area contributed by atoms with Gasteiger partial charge in [-0.3, -0.25) is 0 Å². The molecule has 0 bridgehead atoms. The molecule has 18 heavy (non-hydrogen) atoms. The van der Waals surface area contributed by atoms with Crippen molar-refractivity contribution in [2.24, 2.45) is 0 Å². The highest BCUT2D eigenvalue weighted by molar-refractivity contribution is 9.10. The lowest BCUT2D eigenvalue weighted by Crippen LogP contribution is -1.92. The molecule has 0 aliphatic rings. The molecule has 94 valence electrons. The summed E-state index contributed by atoms with van der Waals surface area (Å²) in [6.07, 6.45) is 0. The Balaban J connectivity index is 2.39. The standard InChI is InChI=1S/C13H8Br2ClFO/c14-7-8-4-5-9(15)6-12(8)18-11-3-1-2-10(16)13(11)17/h1-6H,7H2. The fourth-order valence-electron chi connectivity index (χ4n) is 1.42. The second-order valence-corrected chi connectivity index (χ2v) is 5.42. The minimum absolute atomic E-state index is 0.0443. The number of rotatable bonds is 3. The number of hydrogen-bond donors (Lipinski definition) is 0. The van der Waals surface area contributed by atoms with Gasteiger partial charge in [-0.05, 0) is 24.3 Å². The number of halogens is 4. The van der Waals surface area contributed by atoms with Gasteiger partial charge in [0.2, 0.25) is 0 Å². The fraction of sp³-hybridized carbons (Fsp3) is 0.0769. The highest BCUT2D eigenvalue weighted by Crippen LogP contribution is 2.33. The van der Waals surface area contributed by atoms with Gasteiger partial charge in [-0.2, -0.15) is 0 Å². The highest BCUT2D eigenvalue weighted by atomic mass is 79.9. The lowest BCUT2D eigenvalue weighted by Gasteiger charge is -2.11. The number of ether oxygens (including phenoxy) is 1. The first-order valence-electron chi connectivity index (χ1n) is 5.08. The van der Waals surface area contributed by atoms with Crippen LogP contribution in [0, 0.1) is 5.82 Å². The smallest absolute Gasteiger partial charge is 0.184 e. The minimum atomic E-state index is -0.556. The van der Waals surface area contributed by atoms with E-state index >= 15 is 0 Å². The summed E-state index contributed by atoms with van der Waals surface area (Å²) in [5.74, 6) is 0.143. The summed E-state index contributed by atoms with van der Waals surface area (Å²) in [7, 11) is 0. The van der Waals surface area contributed by atoms with E-state index in [1.165, 1.54) is 6.07 Å². The molecule has 0 amide bonds. The molecular weight excluding hydrogens is 386 g/mol. The minimum Gasteiger partial charge on any atom is -0.454 e. The normalized spacial score (nSPS) is 10.4. The van der Waals surface area contributed by atoms with Gasteiger partial charge in [0.05, 0.1) is 5.02 Å². The maximum Gasteiger partial charge on any atom is 0.184 e. The van der Waals surface area contributed by atoms with Crippen molar-refractivity contribution in [2.45, 2.75) is 5.33 Å². The molecular formula is C13H8Br2ClFO. The van der Waals surface area contributed by atoms with Crippen LogP contribution in [0.3, 0.4) is 0 Å². The van der Waals surface area contributed by atoms with Crippen LogP contribution in [0.1, 0.15) is 5.56 Å². The van der Waals surface area contributed by atoms with Crippen LogP contribution < -0.4 is 4.74 Å². The molecule has 0 aliphatic carbocycles. The van der Waals surface area contributed by atoms with E-state index in [4.69, 9.17) is 16.3 Å².